The number of amides is 2. The van der Waals surface area contributed by atoms with Crippen molar-refractivity contribution in [1.82, 2.24) is 15.3 Å². The molecule has 1 fully saturated rings. The van der Waals surface area contributed by atoms with Crippen LogP contribution >= 0.6 is 0 Å². The lowest BCUT2D eigenvalue weighted by Gasteiger charge is -2.12. The number of carbonyl (C=O) groups excluding carboxylic acids is 1. The highest BCUT2D eigenvalue weighted by Crippen LogP contribution is 2.18. The molecule has 0 unspecified atom stereocenters. The maximum atomic E-state index is 11.8. The molecule has 128 valence electrons. The highest BCUT2D eigenvalue weighted by atomic mass is 16.5. The van der Waals surface area contributed by atoms with E-state index in [2.05, 4.69) is 20.6 Å². The van der Waals surface area contributed by atoms with E-state index in [4.69, 9.17) is 9.47 Å². The number of urea groups is 1. The number of hydrogen-bond acceptors (Lipinski definition) is 4. The lowest BCUT2D eigenvalue weighted by molar-refractivity contribution is 0.0679. The number of nitrogens with zero attached hydrogens (tertiary/aromatic N) is 1. The van der Waals surface area contributed by atoms with Crippen molar-refractivity contribution in [2.45, 2.75) is 25.4 Å². The molecule has 0 radical (unpaired) electrons. The molecule has 3 N–H and O–H groups in total. The van der Waals surface area contributed by atoms with Gasteiger partial charge in [-0.3, -0.25) is 0 Å². The van der Waals surface area contributed by atoms with Crippen LogP contribution in [0.2, 0.25) is 0 Å². The molecule has 3 rings (SSSR count). The van der Waals surface area contributed by atoms with E-state index >= 15 is 0 Å². The zero-order valence-electron chi connectivity index (χ0n) is 13.5. The summed E-state index contributed by atoms with van der Waals surface area (Å²) in [5.74, 6) is 0.774. The second-order valence-electron chi connectivity index (χ2n) is 5.68. The quantitative estimate of drug-likeness (QED) is 0.727. The van der Waals surface area contributed by atoms with E-state index in [1.165, 1.54) is 0 Å². The van der Waals surface area contributed by atoms with Gasteiger partial charge in [-0.1, -0.05) is 0 Å². The molecular weight excluding hydrogens is 308 g/mol. The molecule has 1 aliphatic heterocycles. The predicted molar refractivity (Wildman–Crippen MR) is 90.2 cm³/mol. The lowest BCUT2D eigenvalue weighted by atomic mass is 10.2. The molecule has 2 heterocycles. The number of aromatic nitrogens is 2. The van der Waals surface area contributed by atoms with E-state index in [-0.39, 0.29) is 12.1 Å². The summed E-state index contributed by atoms with van der Waals surface area (Å²) in [4.78, 5) is 18.8. The second kappa shape index (κ2) is 8.35. The smallest absolute Gasteiger partial charge is 0.319 e. The van der Waals surface area contributed by atoms with Crippen molar-refractivity contribution in [3.8, 4) is 5.75 Å². The zero-order valence-corrected chi connectivity index (χ0v) is 13.5. The van der Waals surface area contributed by atoms with Crippen molar-refractivity contribution in [1.29, 1.82) is 0 Å². The number of aromatic amines is 1. The van der Waals surface area contributed by atoms with Crippen molar-refractivity contribution in [2.75, 3.05) is 25.1 Å². The van der Waals surface area contributed by atoms with Crippen LogP contribution in [0.15, 0.2) is 36.8 Å². The van der Waals surface area contributed by atoms with Gasteiger partial charge < -0.3 is 25.1 Å². The van der Waals surface area contributed by atoms with Crippen molar-refractivity contribution in [2.24, 2.45) is 0 Å². The van der Waals surface area contributed by atoms with Crippen LogP contribution in [-0.4, -0.2) is 41.9 Å². The molecule has 2 amide bonds. The minimum atomic E-state index is -0.234. The molecule has 1 aromatic carbocycles. The Labute approximate surface area is 140 Å². The first kappa shape index (κ1) is 16.3. The number of anilines is 1. The van der Waals surface area contributed by atoms with Crippen LogP contribution in [0.5, 0.6) is 5.75 Å². The van der Waals surface area contributed by atoms with Crippen LogP contribution in [0, 0.1) is 0 Å². The molecule has 1 saturated heterocycles. The fourth-order valence-corrected chi connectivity index (χ4v) is 2.51. The second-order valence-corrected chi connectivity index (χ2v) is 5.68. The fourth-order valence-electron chi connectivity index (χ4n) is 2.51. The van der Waals surface area contributed by atoms with Crippen LogP contribution in [0.3, 0.4) is 0 Å². The molecule has 1 aliphatic rings. The van der Waals surface area contributed by atoms with Crippen molar-refractivity contribution in [3.05, 3.63) is 42.5 Å². The SMILES string of the molecule is O=C(NCCc1cnc[nH]1)Nc1ccc(OC[C@@H]2CCCO2)cc1. The van der Waals surface area contributed by atoms with Gasteiger partial charge >= 0.3 is 6.03 Å². The Hall–Kier alpha value is -2.54. The van der Waals surface area contributed by atoms with Crippen LogP contribution in [-0.2, 0) is 11.2 Å². The summed E-state index contributed by atoms with van der Waals surface area (Å²) < 4.78 is 11.2. The first-order valence-electron chi connectivity index (χ1n) is 8.16. The van der Waals surface area contributed by atoms with E-state index in [0.29, 0.717) is 19.6 Å². The summed E-state index contributed by atoms with van der Waals surface area (Å²) in [5, 5.41) is 5.59. The summed E-state index contributed by atoms with van der Waals surface area (Å²) in [7, 11) is 0. The van der Waals surface area contributed by atoms with Gasteiger partial charge in [-0.05, 0) is 37.1 Å². The van der Waals surface area contributed by atoms with Crippen LogP contribution in [0.25, 0.3) is 0 Å². The molecule has 0 spiro atoms. The molecule has 0 aliphatic carbocycles. The Morgan fingerprint density at radius 1 is 1.38 bits per heavy atom. The number of imidazole rings is 1. The summed E-state index contributed by atoms with van der Waals surface area (Å²) >= 11 is 0. The van der Waals surface area contributed by atoms with Gasteiger partial charge in [0, 0.05) is 37.2 Å². The van der Waals surface area contributed by atoms with E-state index in [0.717, 1.165) is 36.6 Å². The fraction of sp³-hybridized carbons (Fsp3) is 0.412. The van der Waals surface area contributed by atoms with E-state index in [1.54, 1.807) is 12.5 Å². The van der Waals surface area contributed by atoms with Crippen molar-refractivity contribution in [3.63, 3.8) is 0 Å². The van der Waals surface area contributed by atoms with Gasteiger partial charge in [0.05, 0.1) is 12.4 Å². The number of carbonyl (C=O) groups is 1. The molecular formula is C17H22N4O3. The third-order valence-electron chi connectivity index (χ3n) is 3.81. The Balaban J connectivity index is 1.37. The molecule has 24 heavy (non-hydrogen) atoms. The Morgan fingerprint density at radius 3 is 2.96 bits per heavy atom. The van der Waals surface area contributed by atoms with Gasteiger partial charge in [0.1, 0.15) is 12.4 Å². The maximum Gasteiger partial charge on any atom is 0.319 e. The standard InChI is InChI=1S/C17H22N4O3/c22-17(19-8-7-14-10-18-12-20-14)21-13-3-5-15(6-4-13)24-11-16-2-1-9-23-16/h3-6,10,12,16H,1-2,7-9,11H2,(H,18,20)(H2,19,21,22)/t16-/m0/s1. The van der Waals surface area contributed by atoms with E-state index < -0.39 is 0 Å². The Bertz CT molecular complexity index is 622. The van der Waals surface area contributed by atoms with E-state index in [1.807, 2.05) is 24.3 Å². The van der Waals surface area contributed by atoms with Crippen LogP contribution in [0.4, 0.5) is 10.5 Å². The van der Waals surface area contributed by atoms with Crippen LogP contribution in [0.1, 0.15) is 18.5 Å². The topological polar surface area (TPSA) is 88.3 Å². The largest absolute Gasteiger partial charge is 0.491 e. The van der Waals surface area contributed by atoms with Crippen LogP contribution < -0.4 is 15.4 Å². The molecule has 0 saturated carbocycles. The molecule has 2 aromatic rings. The summed E-state index contributed by atoms with van der Waals surface area (Å²) in [6, 6.07) is 7.09. The average molecular weight is 330 g/mol. The van der Waals surface area contributed by atoms with Crippen molar-refractivity contribution >= 4 is 11.7 Å². The predicted octanol–water partition coefficient (Wildman–Crippen LogP) is 2.33. The minimum Gasteiger partial charge on any atom is -0.491 e. The maximum absolute atomic E-state index is 11.8. The van der Waals surface area contributed by atoms with E-state index in [9.17, 15) is 4.79 Å². The van der Waals surface area contributed by atoms with Gasteiger partial charge in [-0.15, -0.1) is 0 Å². The highest BCUT2D eigenvalue weighted by Gasteiger charge is 2.15. The van der Waals surface area contributed by atoms with Crippen molar-refractivity contribution < 1.29 is 14.3 Å². The van der Waals surface area contributed by atoms with Gasteiger partial charge in [-0.25, -0.2) is 9.78 Å². The normalized spacial score (nSPS) is 16.8. The number of hydrogen-bond donors (Lipinski definition) is 3. The third-order valence-corrected chi connectivity index (χ3v) is 3.81. The zero-order chi connectivity index (χ0) is 16.6. The third kappa shape index (κ3) is 4.99. The van der Waals surface area contributed by atoms with Gasteiger partial charge in [0.25, 0.3) is 0 Å². The molecule has 1 aromatic heterocycles. The summed E-state index contributed by atoms with van der Waals surface area (Å²) in [6.45, 7) is 1.93. The number of nitrogens with one attached hydrogen (secondary N) is 3. The average Bonchev–Trinajstić information content (AvgIpc) is 3.28. The molecule has 7 heteroatoms. The number of H-pyrrole nitrogens is 1. The highest BCUT2D eigenvalue weighted by molar-refractivity contribution is 5.89. The molecule has 7 nitrogen and oxygen atoms in total. The number of rotatable bonds is 7. The van der Waals surface area contributed by atoms with Gasteiger partial charge in [-0.2, -0.15) is 0 Å². The summed E-state index contributed by atoms with van der Waals surface area (Å²) in [6.07, 6.45) is 6.43. The first-order valence-corrected chi connectivity index (χ1v) is 8.16. The Kier molecular flexibility index (Phi) is 5.68. The summed E-state index contributed by atoms with van der Waals surface area (Å²) in [5.41, 5.74) is 1.71. The number of benzene rings is 1. The monoisotopic (exact) mass is 330 g/mol. The number of ether oxygens (including phenoxy) is 2. The molecule has 1 atom stereocenters. The molecule has 0 bridgehead atoms. The minimum absolute atomic E-state index is 0.198. The van der Waals surface area contributed by atoms with Gasteiger partial charge in [0.15, 0.2) is 0 Å². The van der Waals surface area contributed by atoms with Gasteiger partial charge in [0.2, 0.25) is 0 Å². The first-order chi connectivity index (χ1) is 11.8. The Morgan fingerprint density at radius 2 is 2.25 bits per heavy atom. The lowest BCUT2D eigenvalue weighted by Crippen LogP contribution is -2.30.